The standard InChI is InChI=1S/C6H5NO2S/c8-6(9)4-3-7-2-1-5(4)10/h1-3H,(H,7,10)(H,8,9). The fourth-order valence-electron chi connectivity index (χ4n) is 0.583. The lowest BCUT2D eigenvalue weighted by molar-refractivity contribution is 0.0696. The summed E-state index contributed by atoms with van der Waals surface area (Å²) in [5.41, 5.74) is 0.137. The summed E-state index contributed by atoms with van der Waals surface area (Å²) in [6.45, 7) is 0. The molecule has 52 valence electrons. The Bertz CT molecular complexity index is 305. The number of nitrogens with one attached hydrogen (secondary N) is 1. The normalized spacial score (nSPS) is 9.20. The number of rotatable bonds is 1. The van der Waals surface area contributed by atoms with Crippen LogP contribution in [-0.4, -0.2) is 16.1 Å². The Kier molecular flexibility index (Phi) is 1.82. The Morgan fingerprint density at radius 3 is 2.80 bits per heavy atom. The Balaban J connectivity index is 3.29. The molecule has 4 heteroatoms. The summed E-state index contributed by atoms with van der Waals surface area (Å²) in [6.07, 6.45) is 2.96. The fourth-order valence-corrected chi connectivity index (χ4v) is 0.798. The van der Waals surface area contributed by atoms with Crippen LogP contribution in [0, 0.1) is 4.51 Å². The van der Waals surface area contributed by atoms with Gasteiger partial charge in [-0.2, -0.15) is 0 Å². The third-order valence-electron chi connectivity index (χ3n) is 1.05. The number of hydrogen-bond acceptors (Lipinski definition) is 2. The van der Waals surface area contributed by atoms with Gasteiger partial charge in [-0.15, -0.1) is 0 Å². The van der Waals surface area contributed by atoms with Gasteiger partial charge in [-0.3, -0.25) is 0 Å². The van der Waals surface area contributed by atoms with Crippen LogP contribution in [0.2, 0.25) is 0 Å². The smallest absolute Gasteiger partial charge is 0.338 e. The predicted molar refractivity (Wildman–Crippen MR) is 38.6 cm³/mol. The maximum atomic E-state index is 10.3. The van der Waals surface area contributed by atoms with Crippen molar-refractivity contribution in [1.82, 2.24) is 4.98 Å². The third kappa shape index (κ3) is 1.22. The average molecular weight is 155 g/mol. The molecule has 0 saturated heterocycles. The largest absolute Gasteiger partial charge is 0.478 e. The maximum Gasteiger partial charge on any atom is 0.338 e. The maximum absolute atomic E-state index is 10.3. The third-order valence-corrected chi connectivity index (χ3v) is 1.41. The number of carboxylic acid groups (broad SMARTS) is 1. The van der Waals surface area contributed by atoms with Crippen LogP contribution in [0.4, 0.5) is 0 Å². The van der Waals surface area contributed by atoms with Crippen molar-refractivity contribution in [3.8, 4) is 0 Å². The fraction of sp³-hybridized carbons (Fsp3) is 0. The Labute approximate surface area is 62.3 Å². The van der Waals surface area contributed by atoms with Crippen molar-refractivity contribution in [3.05, 3.63) is 28.5 Å². The van der Waals surface area contributed by atoms with Gasteiger partial charge in [0, 0.05) is 12.4 Å². The Morgan fingerprint density at radius 1 is 1.70 bits per heavy atom. The van der Waals surface area contributed by atoms with E-state index in [0.29, 0.717) is 4.51 Å². The molecular weight excluding hydrogens is 150 g/mol. The van der Waals surface area contributed by atoms with E-state index in [1.807, 2.05) is 0 Å². The first-order valence-corrected chi connectivity index (χ1v) is 3.03. The molecule has 1 heterocycles. The van der Waals surface area contributed by atoms with E-state index in [1.165, 1.54) is 6.20 Å². The summed E-state index contributed by atoms with van der Waals surface area (Å²) in [5.74, 6) is -0.998. The van der Waals surface area contributed by atoms with Crippen LogP contribution in [0.1, 0.15) is 10.4 Å². The van der Waals surface area contributed by atoms with Crippen molar-refractivity contribution in [2.45, 2.75) is 0 Å². The molecule has 0 saturated carbocycles. The van der Waals surface area contributed by atoms with E-state index in [9.17, 15) is 4.79 Å². The number of aromatic nitrogens is 1. The van der Waals surface area contributed by atoms with Crippen molar-refractivity contribution in [2.24, 2.45) is 0 Å². The molecule has 1 aromatic heterocycles. The summed E-state index contributed by atoms with van der Waals surface area (Å²) in [6, 6.07) is 1.54. The van der Waals surface area contributed by atoms with Gasteiger partial charge < -0.3 is 10.1 Å². The summed E-state index contributed by atoms with van der Waals surface area (Å²) in [4.78, 5) is 13.0. The monoisotopic (exact) mass is 155 g/mol. The van der Waals surface area contributed by atoms with E-state index < -0.39 is 5.97 Å². The van der Waals surface area contributed by atoms with Gasteiger partial charge in [-0.1, -0.05) is 12.2 Å². The van der Waals surface area contributed by atoms with E-state index in [0.717, 1.165) is 0 Å². The molecule has 0 bridgehead atoms. The lowest BCUT2D eigenvalue weighted by Crippen LogP contribution is -1.96. The van der Waals surface area contributed by atoms with Gasteiger partial charge in [0.1, 0.15) is 0 Å². The number of hydrogen-bond donors (Lipinski definition) is 2. The molecule has 0 fully saturated rings. The minimum Gasteiger partial charge on any atom is -0.478 e. The molecule has 2 N–H and O–H groups in total. The van der Waals surface area contributed by atoms with Gasteiger partial charge in [-0.25, -0.2) is 4.79 Å². The number of aromatic carboxylic acids is 1. The number of aromatic amines is 1. The zero-order valence-corrected chi connectivity index (χ0v) is 5.81. The predicted octanol–water partition coefficient (Wildman–Crippen LogP) is 1.44. The zero-order chi connectivity index (χ0) is 7.56. The first kappa shape index (κ1) is 6.95. The van der Waals surface area contributed by atoms with Crippen molar-refractivity contribution in [3.63, 3.8) is 0 Å². The quantitative estimate of drug-likeness (QED) is 0.603. The highest BCUT2D eigenvalue weighted by Crippen LogP contribution is 1.98. The summed E-state index contributed by atoms with van der Waals surface area (Å²) >= 11 is 4.73. The van der Waals surface area contributed by atoms with Crippen LogP contribution in [0.5, 0.6) is 0 Å². The summed E-state index contributed by atoms with van der Waals surface area (Å²) in [7, 11) is 0. The van der Waals surface area contributed by atoms with Crippen LogP contribution in [0.25, 0.3) is 0 Å². The van der Waals surface area contributed by atoms with Gasteiger partial charge in [0.25, 0.3) is 0 Å². The van der Waals surface area contributed by atoms with E-state index in [1.54, 1.807) is 12.3 Å². The molecule has 0 spiro atoms. The molecular formula is C6H5NO2S. The Hall–Kier alpha value is -1.16. The van der Waals surface area contributed by atoms with E-state index in [2.05, 4.69) is 4.98 Å². The first-order valence-electron chi connectivity index (χ1n) is 2.62. The van der Waals surface area contributed by atoms with Crippen molar-refractivity contribution in [1.29, 1.82) is 0 Å². The molecule has 1 aromatic rings. The topological polar surface area (TPSA) is 53.1 Å². The minimum atomic E-state index is -0.998. The molecule has 0 amide bonds. The molecule has 0 aliphatic rings. The molecule has 0 aromatic carbocycles. The molecule has 0 unspecified atom stereocenters. The molecule has 1 rings (SSSR count). The number of H-pyrrole nitrogens is 1. The summed E-state index contributed by atoms with van der Waals surface area (Å²) < 4.78 is 0.353. The lowest BCUT2D eigenvalue weighted by atomic mass is 10.3. The van der Waals surface area contributed by atoms with E-state index in [-0.39, 0.29) is 5.56 Å². The highest BCUT2D eigenvalue weighted by Gasteiger charge is 2.01. The van der Waals surface area contributed by atoms with Crippen LogP contribution < -0.4 is 0 Å². The van der Waals surface area contributed by atoms with Crippen molar-refractivity contribution < 1.29 is 9.90 Å². The SMILES string of the molecule is O=C(O)c1c[nH]ccc1=S. The van der Waals surface area contributed by atoms with E-state index in [4.69, 9.17) is 17.3 Å². The van der Waals surface area contributed by atoms with Crippen LogP contribution in [0.3, 0.4) is 0 Å². The van der Waals surface area contributed by atoms with Crippen LogP contribution >= 0.6 is 12.2 Å². The van der Waals surface area contributed by atoms with Gasteiger partial charge in [0.05, 0.1) is 10.1 Å². The number of carboxylic acids is 1. The number of carbonyl (C=O) groups is 1. The number of pyridine rings is 1. The van der Waals surface area contributed by atoms with Gasteiger partial charge in [0.2, 0.25) is 0 Å². The molecule has 3 nitrogen and oxygen atoms in total. The Morgan fingerprint density at radius 2 is 2.40 bits per heavy atom. The molecule has 0 radical (unpaired) electrons. The highest BCUT2D eigenvalue weighted by molar-refractivity contribution is 7.71. The molecule has 10 heavy (non-hydrogen) atoms. The van der Waals surface area contributed by atoms with Crippen LogP contribution in [0.15, 0.2) is 18.5 Å². The first-order chi connectivity index (χ1) is 4.72. The van der Waals surface area contributed by atoms with Crippen molar-refractivity contribution >= 4 is 18.2 Å². The zero-order valence-electron chi connectivity index (χ0n) is 5.00. The lowest BCUT2D eigenvalue weighted by Gasteiger charge is -1.90. The van der Waals surface area contributed by atoms with E-state index >= 15 is 0 Å². The molecule has 0 atom stereocenters. The second-order valence-corrected chi connectivity index (χ2v) is 2.17. The van der Waals surface area contributed by atoms with Gasteiger partial charge >= 0.3 is 5.97 Å². The van der Waals surface area contributed by atoms with Gasteiger partial charge in [0.15, 0.2) is 0 Å². The average Bonchev–Trinajstić information content (AvgIpc) is 1.88. The van der Waals surface area contributed by atoms with Crippen molar-refractivity contribution in [2.75, 3.05) is 0 Å². The summed E-state index contributed by atoms with van der Waals surface area (Å²) in [5, 5.41) is 8.48. The highest BCUT2D eigenvalue weighted by atomic mass is 32.1. The second kappa shape index (κ2) is 2.62. The molecule has 0 aliphatic carbocycles. The van der Waals surface area contributed by atoms with Gasteiger partial charge in [-0.05, 0) is 6.07 Å². The second-order valence-electron chi connectivity index (χ2n) is 1.73. The molecule has 0 aliphatic heterocycles. The minimum absolute atomic E-state index is 0.137. The van der Waals surface area contributed by atoms with Crippen LogP contribution in [-0.2, 0) is 0 Å².